The summed E-state index contributed by atoms with van der Waals surface area (Å²) in [5.41, 5.74) is 0. The van der Waals surface area contributed by atoms with Crippen molar-refractivity contribution < 1.29 is 18.3 Å². The van der Waals surface area contributed by atoms with Crippen molar-refractivity contribution in [1.82, 2.24) is 20.2 Å². The molecule has 112 valence electrons. The first-order valence-electron chi connectivity index (χ1n) is 6.62. The third-order valence-corrected chi connectivity index (χ3v) is 5.79. The molecule has 2 atom stereocenters. The van der Waals surface area contributed by atoms with Crippen molar-refractivity contribution in [2.24, 2.45) is 5.92 Å². The summed E-state index contributed by atoms with van der Waals surface area (Å²) >= 11 is 0. The Morgan fingerprint density at radius 1 is 1.50 bits per heavy atom. The highest BCUT2D eigenvalue weighted by atomic mass is 32.2. The van der Waals surface area contributed by atoms with E-state index >= 15 is 0 Å². The Hall–Kier alpha value is -1.51. The van der Waals surface area contributed by atoms with Crippen LogP contribution in [-0.2, 0) is 21.2 Å². The molecule has 1 aromatic rings. The molecule has 0 saturated carbocycles. The highest BCUT2D eigenvalue weighted by molar-refractivity contribution is 7.91. The van der Waals surface area contributed by atoms with Crippen LogP contribution >= 0.6 is 0 Å². The van der Waals surface area contributed by atoms with Crippen LogP contribution in [0.5, 0.6) is 0 Å². The minimum Gasteiger partial charge on any atom is -0.481 e. The Bertz CT molecular complexity index is 583. The first-order valence-corrected chi connectivity index (χ1v) is 8.34. The average Bonchev–Trinajstić information content (AvgIpc) is 2.83. The summed E-state index contributed by atoms with van der Waals surface area (Å²) < 4.78 is 25.6. The maximum atomic E-state index is 12.1. The zero-order valence-corrected chi connectivity index (χ0v) is 12.1. The quantitative estimate of drug-likeness (QED) is 0.838. The Morgan fingerprint density at radius 3 is 2.90 bits per heavy atom. The van der Waals surface area contributed by atoms with Crippen LogP contribution in [0, 0.1) is 5.92 Å². The molecule has 2 rings (SSSR count). The smallest absolute Gasteiger partial charge is 0.306 e. The van der Waals surface area contributed by atoms with Crippen LogP contribution in [0.3, 0.4) is 0 Å². The standard InChI is InChI=1S/C11H18N4O4S/c1-8(11(16)17)5-6-15-10(12-13-14-15)9-4-2-3-7-20(9,18)19/h8-9H,2-7H2,1H3,(H,16,17). The molecule has 9 heteroatoms. The second-order valence-electron chi connectivity index (χ2n) is 5.14. The molecule has 1 aromatic heterocycles. The molecule has 1 aliphatic heterocycles. The van der Waals surface area contributed by atoms with Gasteiger partial charge in [0.05, 0.1) is 11.7 Å². The highest BCUT2D eigenvalue weighted by Gasteiger charge is 2.34. The number of nitrogens with zero attached hydrogens (tertiary/aromatic N) is 4. The van der Waals surface area contributed by atoms with Gasteiger partial charge in [0.15, 0.2) is 15.7 Å². The first kappa shape index (κ1) is 14.9. The number of aliphatic carboxylic acids is 1. The second kappa shape index (κ2) is 5.86. The van der Waals surface area contributed by atoms with Gasteiger partial charge in [0.2, 0.25) is 0 Å². The lowest BCUT2D eigenvalue weighted by Gasteiger charge is -2.21. The molecule has 1 N–H and O–H groups in total. The molecule has 0 aliphatic carbocycles. The van der Waals surface area contributed by atoms with E-state index in [1.165, 1.54) is 4.68 Å². The van der Waals surface area contributed by atoms with Crippen molar-refractivity contribution in [3.8, 4) is 0 Å². The fraction of sp³-hybridized carbons (Fsp3) is 0.818. The molecule has 1 aliphatic rings. The fourth-order valence-electron chi connectivity index (χ4n) is 2.29. The normalized spacial score (nSPS) is 23.4. The van der Waals surface area contributed by atoms with E-state index in [1.54, 1.807) is 6.92 Å². The summed E-state index contributed by atoms with van der Waals surface area (Å²) in [5, 5.41) is 19.4. The molecule has 2 unspecified atom stereocenters. The molecular weight excluding hydrogens is 284 g/mol. The van der Waals surface area contributed by atoms with E-state index < -0.39 is 27.0 Å². The number of hydrogen-bond donors (Lipinski definition) is 1. The Balaban J connectivity index is 2.14. The van der Waals surface area contributed by atoms with Gasteiger partial charge in [0.1, 0.15) is 5.25 Å². The number of carboxylic acids is 1. The van der Waals surface area contributed by atoms with Crippen LogP contribution in [0.4, 0.5) is 0 Å². The van der Waals surface area contributed by atoms with Crippen LogP contribution in [0.25, 0.3) is 0 Å². The van der Waals surface area contributed by atoms with Crippen LogP contribution < -0.4 is 0 Å². The summed E-state index contributed by atoms with van der Waals surface area (Å²) in [6.45, 7) is 1.91. The fourth-order valence-corrected chi connectivity index (χ4v) is 4.19. The minimum atomic E-state index is -3.20. The Kier molecular flexibility index (Phi) is 4.36. The lowest BCUT2D eigenvalue weighted by molar-refractivity contribution is -0.141. The predicted octanol–water partition coefficient (Wildman–Crippen LogP) is 0.424. The Morgan fingerprint density at radius 2 is 2.25 bits per heavy atom. The molecule has 20 heavy (non-hydrogen) atoms. The number of hydrogen-bond acceptors (Lipinski definition) is 6. The molecule has 1 saturated heterocycles. The predicted molar refractivity (Wildman–Crippen MR) is 69.6 cm³/mol. The van der Waals surface area contributed by atoms with E-state index in [4.69, 9.17) is 5.11 Å². The van der Waals surface area contributed by atoms with Crippen molar-refractivity contribution in [1.29, 1.82) is 0 Å². The summed E-state index contributed by atoms with van der Waals surface area (Å²) in [5.74, 6) is -0.905. The first-order chi connectivity index (χ1) is 9.42. The lowest BCUT2D eigenvalue weighted by Crippen LogP contribution is -2.25. The molecule has 1 fully saturated rings. The van der Waals surface area contributed by atoms with Gasteiger partial charge in [0.25, 0.3) is 0 Å². The van der Waals surface area contributed by atoms with Gasteiger partial charge >= 0.3 is 5.97 Å². The van der Waals surface area contributed by atoms with E-state index in [0.717, 1.165) is 6.42 Å². The third kappa shape index (κ3) is 3.14. The number of aryl methyl sites for hydroxylation is 1. The topological polar surface area (TPSA) is 115 Å². The average molecular weight is 302 g/mol. The van der Waals surface area contributed by atoms with Crippen molar-refractivity contribution >= 4 is 15.8 Å². The molecule has 0 bridgehead atoms. The Labute approximate surface area is 117 Å². The van der Waals surface area contributed by atoms with Gasteiger partial charge < -0.3 is 5.11 Å². The summed E-state index contributed by atoms with van der Waals surface area (Å²) in [6, 6.07) is 0. The van der Waals surface area contributed by atoms with Gasteiger partial charge in [-0.15, -0.1) is 5.10 Å². The monoisotopic (exact) mass is 302 g/mol. The van der Waals surface area contributed by atoms with Crippen molar-refractivity contribution in [2.45, 2.75) is 44.4 Å². The maximum absolute atomic E-state index is 12.1. The van der Waals surface area contributed by atoms with E-state index in [9.17, 15) is 13.2 Å². The number of carbonyl (C=O) groups is 1. The van der Waals surface area contributed by atoms with E-state index in [-0.39, 0.29) is 5.75 Å². The molecule has 2 heterocycles. The van der Waals surface area contributed by atoms with Crippen molar-refractivity contribution in [2.75, 3.05) is 5.75 Å². The molecule has 0 amide bonds. The SMILES string of the molecule is CC(CCn1nnnc1C1CCCCS1(=O)=O)C(=O)O. The molecule has 0 radical (unpaired) electrons. The van der Waals surface area contributed by atoms with Gasteiger partial charge in [0, 0.05) is 6.54 Å². The van der Waals surface area contributed by atoms with Crippen LogP contribution in [-0.4, -0.2) is 45.5 Å². The van der Waals surface area contributed by atoms with E-state index in [1.807, 2.05) is 0 Å². The van der Waals surface area contributed by atoms with Crippen LogP contribution in [0.1, 0.15) is 43.7 Å². The number of rotatable bonds is 5. The van der Waals surface area contributed by atoms with Gasteiger partial charge in [-0.2, -0.15) is 0 Å². The maximum Gasteiger partial charge on any atom is 0.306 e. The molecule has 0 spiro atoms. The van der Waals surface area contributed by atoms with Gasteiger partial charge in [-0.25, -0.2) is 13.1 Å². The van der Waals surface area contributed by atoms with Crippen molar-refractivity contribution in [3.05, 3.63) is 5.82 Å². The number of sulfone groups is 1. The van der Waals surface area contributed by atoms with Crippen LogP contribution in [0.2, 0.25) is 0 Å². The second-order valence-corrected chi connectivity index (χ2v) is 7.44. The lowest BCUT2D eigenvalue weighted by atomic mass is 10.1. The van der Waals surface area contributed by atoms with Gasteiger partial charge in [-0.3, -0.25) is 4.79 Å². The zero-order valence-electron chi connectivity index (χ0n) is 11.3. The van der Waals surface area contributed by atoms with Gasteiger partial charge in [-0.1, -0.05) is 13.3 Å². The van der Waals surface area contributed by atoms with E-state index in [2.05, 4.69) is 15.5 Å². The summed E-state index contributed by atoms with van der Waals surface area (Å²) in [4.78, 5) is 10.8. The highest BCUT2D eigenvalue weighted by Crippen LogP contribution is 2.31. The third-order valence-electron chi connectivity index (χ3n) is 3.62. The number of carboxylic acid groups (broad SMARTS) is 1. The van der Waals surface area contributed by atoms with Crippen LogP contribution in [0.15, 0.2) is 0 Å². The molecule has 0 aromatic carbocycles. The molecule has 8 nitrogen and oxygen atoms in total. The molecular formula is C11H18N4O4S. The van der Waals surface area contributed by atoms with Gasteiger partial charge in [-0.05, 0) is 29.7 Å². The van der Waals surface area contributed by atoms with E-state index in [0.29, 0.717) is 31.6 Å². The number of aromatic nitrogens is 4. The summed E-state index contributed by atoms with van der Waals surface area (Å²) in [6.07, 6.45) is 2.40. The zero-order chi connectivity index (χ0) is 14.8. The summed E-state index contributed by atoms with van der Waals surface area (Å²) in [7, 11) is -3.20. The largest absolute Gasteiger partial charge is 0.481 e. The minimum absolute atomic E-state index is 0.163. The van der Waals surface area contributed by atoms with Crippen molar-refractivity contribution in [3.63, 3.8) is 0 Å². The number of tetrazole rings is 1.